The maximum atomic E-state index is 11.3. The Labute approximate surface area is 101 Å². The van der Waals surface area contributed by atoms with Gasteiger partial charge in [-0.2, -0.15) is 0 Å². The van der Waals surface area contributed by atoms with E-state index < -0.39 is 5.79 Å². The summed E-state index contributed by atoms with van der Waals surface area (Å²) in [7, 11) is 2.94. The van der Waals surface area contributed by atoms with Crippen molar-refractivity contribution < 1.29 is 14.3 Å². The van der Waals surface area contributed by atoms with Gasteiger partial charge < -0.3 is 14.8 Å². The van der Waals surface area contributed by atoms with Gasteiger partial charge in [0.05, 0.1) is 0 Å². The van der Waals surface area contributed by atoms with E-state index >= 15 is 0 Å². The summed E-state index contributed by atoms with van der Waals surface area (Å²) in [4.78, 5) is 11.3. The van der Waals surface area contributed by atoms with Crippen LogP contribution in [0.25, 0.3) is 0 Å². The molecule has 0 amide bonds. The van der Waals surface area contributed by atoms with E-state index in [9.17, 15) is 4.79 Å². The van der Waals surface area contributed by atoms with Gasteiger partial charge in [0.15, 0.2) is 6.29 Å². The van der Waals surface area contributed by atoms with Crippen LogP contribution in [0.5, 0.6) is 0 Å². The number of para-hydroxylation sites is 1. The van der Waals surface area contributed by atoms with Gasteiger partial charge in [-0.3, -0.25) is 4.79 Å². The Morgan fingerprint density at radius 2 is 2.12 bits per heavy atom. The molecule has 2 rings (SSSR count). The molecular weight excluding hydrogens is 218 g/mol. The van der Waals surface area contributed by atoms with Crippen LogP contribution >= 0.6 is 0 Å². The highest BCUT2D eigenvalue weighted by Crippen LogP contribution is 2.35. The zero-order valence-corrected chi connectivity index (χ0v) is 10.2. The zero-order chi connectivity index (χ0) is 12.3. The van der Waals surface area contributed by atoms with Gasteiger partial charge >= 0.3 is 0 Å². The number of aldehydes is 1. The summed E-state index contributed by atoms with van der Waals surface area (Å²) in [6.45, 7) is 0.909. The normalized spacial score (nSPS) is 14.9. The Kier molecular flexibility index (Phi) is 3.45. The van der Waals surface area contributed by atoms with Gasteiger partial charge in [0.25, 0.3) is 5.79 Å². The Bertz CT molecular complexity index is 413. The molecule has 4 nitrogen and oxygen atoms in total. The average molecular weight is 235 g/mol. The van der Waals surface area contributed by atoms with Gasteiger partial charge in [-0.25, -0.2) is 0 Å². The van der Waals surface area contributed by atoms with Gasteiger partial charge in [0.1, 0.15) is 0 Å². The van der Waals surface area contributed by atoms with Crippen LogP contribution in [0.3, 0.4) is 0 Å². The molecule has 1 aromatic carbocycles. The molecule has 0 saturated heterocycles. The second-order valence-electron chi connectivity index (χ2n) is 4.06. The lowest BCUT2D eigenvalue weighted by Crippen LogP contribution is -2.34. The van der Waals surface area contributed by atoms with Crippen molar-refractivity contribution in [2.45, 2.75) is 18.6 Å². The fourth-order valence-corrected chi connectivity index (χ4v) is 2.26. The molecule has 4 heteroatoms. The van der Waals surface area contributed by atoms with E-state index in [2.05, 4.69) is 11.4 Å². The third-order valence-electron chi connectivity index (χ3n) is 3.21. The first-order valence-electron chi connectivity index (χ1n) is 5.70. The smallest absolute Gasteiger partial charge is 0.254 e. The van der Waals surface area contributed by atoms with Crippen LogP contribution in [0.2, 0.25) is 0 Å². The van der Waals surface area contributed by atoms with Gasteiger partial charge in [-0.05, 0) is 18.4 Å². The highest BCUT2D eigenvalue weighted by molar-refractivity contribution is 5.72. The van der Waals surface area contributed by atoms with E-state index in [-0.39, 0.29) is 0 Å². The monoisotopic (exact) mass is 235 g/mol. The number of anilines is 1. The summed E-state index contributed by atoms with van der Waals surface area (Å²) < 4.78 is 10.5. The van der Waals surface area contributed by atoms with Crippen molar-refractivity contribution in [2.24, 2.45) is 0 Å². The lowest BCUT2D eigenvalue weighted by molar-refractivity contribution is -0.201. The second-order valence-corrected chi connectivity index (χ2v) is 4.06. The van der Waals surface area contributed by atoms with Crippen LogP contribution in [0.1, 0.15) is 17.5 Å². The first-order chi connectivity index (χ1) is 8.27. The van der Waals surface area contributed by atoms with Crippen LogP contribution in [0, 0.1) is 0 Å². The number of rotatable bonds is 4. The minimum absolute atomic E-state index is 0.693. The van der Waals surface area contributed by atoms with Crippen LogP contribution in [-0.4, -0.2) is 27.1 Å². The molecule has 0 unspecified atom stereocenters. The average Bonchev–Trinajstić information content (AvgIpc) is 2.41. The van der Waals surface area contributed by atoms with E-state index in [4.69, 9.17) is 9.47 Å². The van der Waals surface area contributed by atoms with Crippen molar-refractivity contribution in [3.05, 3.63) is 29.3 Å². The molecular formula is C13H17NO3. The molecule has 1 aliphatic rings. The number of carbonyl (C=O) groups excluding carboxylic acids is 1. The number of methoxy groups -OCH3 is 2. The number of benzene rings is 1. The Balaban J connectivity index is 2.54. The van der Waals surface area contributed by atoms with Crippen molar-refractivity contribution in [1.82, 2.24) is 0 Å². The van der Waals surface area contributed by atoms with Gasteiger partial charge in [-0.1, -0.05) is 18.2 Å². The number of ether oxygens (including phenoxy) is 2. The second kappa shape index (κ2) is 4.85. The molecule has 17 heavy (non-hydrogen) atoms. The molecule has 0 aliphatic carbocycles. The largest absolute Gasteiger partial charge is 0.384 e. The maximum absolute atomic E-state index is 11.3. The third-order valence-corrected chi connectivity index (χ3v) is 3.21. The van der Waals surface area contributed by atoms with E-state index in [0.29, 0.717) is 6.29 Å². The molecule has 1 aromatic rings. The first kappa shape index (κ1) is 12.1. The van der Waals surface area contributed by atoms with E-state index in [1.54, 1.807) is 0 Å². The number of hydrogen-bond acceptors (Lipinski definition) is 4. The number of nitrogens with one attached hydrogen (secondary N) is 1. The van der Waals surface area contributed by atoms with Crippen LogP contribution in [-0.2, 0) is 26.5 Å². The molecule has 1 heterocycles. The van der Waals surface area contributed by atoms with E-state index in [0.717, 1.165) is 30.6 Å². The topological polar surface area (TPSA) is 47.6 Å². The SMILES string of the molecule is COC(C=O)(OC)c1cccc2c1NCCC2. The Morgan fingerprint density at radius 3 is 2.76 bits per heavy atom. The molecule has 1 N–H and O–H groups in total. The molecule has 0 atom stereocenters. The van der Waals surface area contributed by atoms with Crippen molar-refractivity contribution in [1.29, 1.82) is 0 Å². The van der Waals surface area contributed by atoms with E-state index in [1.807, 2.05) is 12.1 Å². The minimum atomic E-state index is -1.31. The standard InChI is InChI=1S/C13H17NO3/c1-16-13(9-15,17-2)11-7-3-5-10-6-4-8-14-12(10)11/h3,5,7,9,14H,4,6,8H2,1-2H3. The third kappa shape index (κ3) is 1.94. The highest BCUT2D eigenvalue weighted by atomic mass is 16.7. The van der Waals surface area contributed by atoms with Crippen LogP contribution in [0.4, 0.5) is 5.69 Å². The predicted octanol–water partition coefficient (Wildman–Crippen LogP) is 1.69. The summed E-state index contributed by atoms with van der Waals surface area (Å²) in [6.07, 6.45) is 2.81. The lowest BCUT2D eigenvalue weighted by atomic mass is 9.95. The van der Waals surface area contributed by atoms with Crippen molar-refractivity contribution in [3.8, 4) is 0 Å². The van der Waals surface area contributed by atoms with Gasteiger partial charge in [0, 0.05) is 32.0 Å². The zero-order valence-electron chi connectivity index (χ0n) is 10.2. The Morgan fingerprint density at radius 1 is 1.35 bits per heavy atom. The van der Waals surface area contributed by atoms with Crippen LogP contribution < -0.4 is 5.32 Å². The number of carbonyl (C=O) groups is 1. The van der Waals surface area contributed by atoms with Crippen molar-refractivity contribution in [2.75, 3.05) is 26.1 Å². The quantitative estimate of drug-likeness (QED) is 0.637. The summed E-state index contributed by atoms with van der Waals surface area (Å²) >= 11 is 0. The maximum Gasteiger partial charge on any atom is 0.254 e. The molecule has 0 aromatic heterocycles. The number of fused-ring (bicyclic) bond motifs is 1. The predicted molar refractivity (Wildman–Crippen MR) is 65.0 cm³/mol. The fourth-order valence-electron chi connectivity index (χ4n) is 2.26. The molecule has 92 valence electrons. The summed E-state index contributed by atoms with van der Waals surface area (Å²) in [6, 6.07) is 5.85. The molecule has 0 spiro atoms. The summed E-state index contributed by atoms with van der Waals surface area (Å²) in [5.41, 5.74) is 2.92. The summed E-state index contributed by atoms with van der Waals surface area (Å²) in [5, 5.41) is 3.32. The summed E-state index contributed by atoms with van der Waals surface area (Å²) in [5.74, 6) is -1.31. The number of hydrogen-bond donors (Lipinski definition) is 1. The molecule has 0 saturated carbocycles. The lowest BCUT2D eigenvalue weighted by Gasteiger charge is -2.30. The number of aryl methyl sites for hydroxylation is 1. The van der Waals surface area contributed by atoms with Crippen molar-refractivity contribution in [3.63, 3.8) is 0 Å². The minimum Gasteiger partial charge on any atom is -0.384 e. The van der Waals surface area contributed by atoms with Gasteiger partial charge in [-0.15, -0.1) is 0 Å². The van der Waals surface area contributed by atoms with E-state index in [1.165, 1.54) is 19.8 Å². The molecule has 0 bridgehead atoms. The highest BCUT2D eigenvalue weighted by Gasteiger charge is 2.35. The molecule has 1 aliphatic heterocycles. The molecule has 0 radical (unpaired) electrons. The molecule has 0 fully saturated rings. The fraction of sp³-hybridized carbons (Fsp3) is 0.462. The Hall–Kier alpha value is -1.39. The first-order valence-corrected chi connectivity index (χ1v) is 5.70. The van der Waals surface area contributed by atoms with Crippen molar-refractivity contribution >= 4 is 12.0 Å². The van der Waals surface area contributed by atoms with Crippen LogP contribution in [0.15, 0.2) is 18.2 Å². The van der Waals surface area contributed by atoms with Gasteiger partial charge in [0.2, 0.25) is 0 Å².